The smallest absolute Gasteiger partial charge is 0.252 e. The Bertz CT molecular complexity index is 1090. The van der Waals surface area contributed by atoms with Gasteiger partial charge in [0, 0.05) is 37.3 Å². The van der Waals surface area contributed by atoms with Crippen LogP contribution in [-0.2, 0) is 24.3 Å². The maximum atomic E-state index is 12.4. The van der Waals surface area contributed by atoms with E-state index in [9.17, 15) is 9.59 Å². The molecular weight excluding hydrogens is 386 g/mol. The zero-order chi connectivity index (χ0) is 21.8. The van der Waals surface area contributed by atoms with Gasteiger partial charge in [-0.1, -0.05) is 56.3 Å². The molecule has 31 heavy (non-hydrogen) atoms. The molecule has 0 bridgehead atoms. The van der Waals surface area contributed by atoms with Crippen LogP contribution < -0.4 is 10.9 Å². The highest BCUT2D eigenvalue weighted by Gasteiger charge is 2.21. The van der Waals surface area contributed by atoms with E-state index in [1.807, 2.05) is 24.3 Å². The molecule has 162 valence electrons. The summed E-state index contributed by atoms with van der Waals surface area (Å²) in [6.07, 6.45) is 1.39. The highest BCUT2D eigenvalue weighted by molar-refractivity contribution is 5.82. The number of nitrogens with zero attached hydrogens (tertiary/aromatic N) is 1. The van der Waals surface area contributed by atoms with Gasteiger partial charge >= 0.3 is 0 Å². The molecule has 1 saturated heterocycles. The lowest BCUT2D eigenvalue weighted by molar-refractivity contribution is -0.120. The lowest BCUT2D eigenvalue weighted by atomic mass is 9.91. The van der Waals surface area contributed by atoms with E-state index in [2.05, 4.69) is 53.3 Å². The van der Waals surface area contributed by atoms with Gasteiger partial charge in [-0.25, -0.2) is 0 Å². The molecule has 1 amide bonds. The fraction of sp³-hybridized carbons (Fsp3) is 0.385. The molecule has 0 saturated carbocycles. The van der Waals surface area contributed by atoms with Crippen LogP contribution in [0, 0.1) is 11.8 Å². The monoisotopic (exact) mass is 417 g/mol. The summed E-state index contributed by atoms with van der Waals surface area (Å²) in [6, 6.07) is 17.8. The molecular formula is C26H31N3O2. The number of carbonyl (C=O) groups is 1. The number of aromatic nitrogens is 1. The van der Waals surface area contributed by atoms with Crippen molar-refractivity contribution >= 4 is 16.8 Å². The number of rotatable bonds is 6. The van der Waals surface area contributed by atoms with E-state index in [4.69, 9.17) is 0 Å². The van der Waals surface area contributed by atoms with Crippen molar-refractivity contribution in [1.29, 1.82) is 0 Å². The number of likely N-dealkylation sites (tertiary alicyclic amines) is 1. The molecule has 0 radical (unpaired) electrons. The van der Waals surface area contributed by atoms with E-state index in [-0.39, 0.29) is 17.9 Å². The Morgan fingerprint density at radius 2 is 1.71 bits per heavy atom. The molecule has 0 spiro atoms. The van der Waals surface area contributed by atoms with E-state index in [1.165, 1.54) is 12.0 Å². The molecule has 2 heterocycles. The van der Waals surface area contributed by atoms with Crippen LogP contribution in [-0.4, -0.2) is 28.9 Å². The number of fused-ring (bicyclic) bond motifs is 1. The van der Waals surface area contributed by atoms with Gasteiger partial charge in [-0.3, -0.25) is 14.5 Å². The Labute approximate surface area is 183 Å². The molecule has 5 heteroatoms. The minimum Gasteiger partial charge on any atom is -0.352 e. The number of H-pyrrole nitrogens is 1. The molecule has 2 aromatic carbocycles. The molecule has 0 aliphatic carbocycles. The van der Waals surface area contributed by atoms with Crippen LogP contribution in [0.15, 0.2) is 59.4 Å². The van der Waals surface area contributed by atoms with Gasteiger partial charge in [0.05, 0.1) is 6.42 Å². The van der Waals surface area contributed by atoms with E-state index in [0.717, 1.165) is 47.9 Å². The zero-order valence-electron chi connectivity index (χ0n) is 18.4. The number of hydrogen-bond donors (Lipinski definition) is 2. The number of aromatic amines is 1. The minimum atomic E-state index is -0.209. The molecule has 1 fully saturated rings. The molecule has 5 nitrogen and oxygen atoms in total. The predicted octanol–water partition coefficient (Wildman–Crippen LogP) is 3.86. The van der Waals surface area contributed by atoms with Crippen molar-refractivity contribution in [3.63, 3.8) is 0 Å². The van der Waals surface area contributed by atoms with Crippen molar-refractivity contribution in [2.24, 2.45) is 11.8 Å². The van der Waals surface area contributed by atoms with Gasteiger partial charge in [0.15, 0.2) is 0 Å². The van der Waals surface area contributed by atoms with Gasteiger partial charge in [-0.05, 0) is 46.9 Å². The number of nitrogens with one attached hydrogen (secondary N) is 2. The highest BCUT2D eigenvalue weighted by atomic mass is 16.2. The summed E-state index contributed by atoms with van der Waals surface area (Å²) in [7, 11) is 0. The van der Waals surface area contributed by atoms with E-state index in [1.54, 1.807) is 6.07 Å². The zero-order valence-corrected chi connectivity index (χ0v) is 18.4. The number of amides is 1. The van der Waals surface area contributed by atoms with Crippen LogP contribution >= 0.6 is 0 Å². The van der Waals surface area contributed by atoms with E-state index >= 15 is 0 Å². The number of carbonyl (C=O) groups excluding carboxylic acids is 1. The maximum Gasteiger partial charge on any atom is 0.252 e. The molecule has 3 aromatic rings. The van der Waals surface area contributed by atoms with Crippen molar-refractivity contribution in [3.8, 4) is 0 Å². The first-order valence-electron chi connectivity index (χ1n) is 11.1. The van der Waals surface area contributed by atoms with Gasteiger partial charge in [0.2, 0.25) is 5.91 Å². The third-order valence-electron chi connectivity index (χ3n) is 6.04. The van der Waals surface area contributed by atoms with Crippen molar-refractivity contribution in [3.05, 3.63) is 81.6 Å². The largest absolute Gasteiger partial charge is 0.352 e. The van der Waals surface area contributed by atoms with Crippen LogP contribution in [0.1, 0.15) is 37.0 Å². The Morgan fingerprint density at radius 3 is 2.45 bits per heavy atom. The van der Waals surface area contributed by atoms with Crippen molar-refractivity contribution in [2.45, 2.75) is 39.8 Å². The Balaban J connectivity index is 1.30. The molecule has 1 aliphatic rings. The number of pyridine rings is 1. The summed E-state index contributed by atoms with van der Waals surface area (Å²) in [5, 5.41) is 3.86. The molecule has 4 rings (SSSR count). The Hall–Kier alpha value is -2.92. The van der Waals surface area contributed by atoms with Crippen molar-refractivity contribution < 1.29 is 4.79 Å². The SMILES string of the molecule is CC1CC(C)CN(Cc2ccc(CNC(=O)Cc3cc4ccccc4[nH]c3=O)cc2)C1. The van der Waals surface area contributed by atoms with E-state index < -0.39 is 0 Å². The second-order valence-electron chi connectivity index (χ2n) is 9.12. The summed E-state index contributed by atoms with van der Waals surface area (Å²) in [4.78, 5) is 30.0. The molecule has 2 atom stereocenters. The number of hydrogen-bond acceptors (Lipinski definition) is 3. The first kappa shape index (κ1) is 21.3. The molecule has 1 aliphatic heterocycles. The topological polar surface area (TPSA) is 65.2 Å². The lowest BCUT2D eigenvalue weighted by Crippen LogP contribution is -2.38. The predicted molar refractivity (Wildman–Crippen MR) is 125 cm³/mol. The minimum absolute atomic E-state index is 0.0730. The van der Waals surface area contributed by atoms with Crippen LogP contribution in [0.2, 0.25) is 0 Å². The van der Waals surface area contributed by atoms with Crippen LogP contribution in [0.3, 0.4) is 0 Å². The average molecular weight is 418 g/mol. The first-order chi connectivity index (χ1) is 15.0. The summed E-state index contributed by atoms with van der Waals surface area (Å²) < 4.78 is 0. The van der Waals surface area contributed by atoms with Gasteiger partial charge in [-0.2, -0.15) is 0 Å². The number of piperidine rings is 1. The van der Waals surface area contributed by atoms with Crippen LogP contribution in [0.4, 0.5) is 0 Å². The van der Waals surface area contributed by atoms with Crippen LogP contribution in [0.25, 0.3) is 10.9 Å². The molecule has 1 aromatic heterocycles. The summed E-state index contributed by atoms with van der Waals surface area (Å²) in [5.41, 5.74) is 3.42. The van der Waals surface area contributed by atoms with Crippen molar-refractivity contribution in [1.82, 2.24) is 15.2 Å². The third-order valence-corrected chi connectivity index (χ3v) is 6.04. The number of para-hydroxylation sites is 1. The highest BCUT2D eigenvalue weighted by Crippen LogP contribution is 2.22. The Kier molecular flexibility index (Phi) is 6.52. The van der Waals surface area contributed by atoms with Gasteiger partial charge in [0.1, 0.15) is 0 Å². The third kappa shape index (κ3) is 5.61. The van der Waals surface area contributed by atoms with Gasteiger partial charge < -0.3 is 10.3 Å². The first-order valence-corrected chi connectivity index (χ1v) is 11.1. The quantitative estimate of drug-likeness (QED) is 0.640. The standard InChI is InChI=1S/C26H31N3O2/c1-18-11-19(2)16-29(15-18)17-21-9-7-20(8-10-21)14-27-25(30)13-23-12-22-5-3-4-6-24(22)28-26(23)31/h3-10,12,18-19H,11,13-17H2,1-2H3,(H,27,30)(H,28,31). The average Bonchev–Trinajstić information content (AvgIpc) is 2.73. The van der Waals surface area contributed by atoms with Gasteiger partial charge in [0.25, 0.3) is 5.56 Å². The second-order valence-corrected chi connectivity index (χ2v) is 9.12. The maximum absolute atomic E-state index is 12.4. The summed E-state index contributed by atoms with van der Waals surface area (Å²) in [6.45, 7) is 8.43. The second kappa shape index (κ2) is 9.48. The fourth-order valence-electron chi connectivity index (χ4n) is 4.70. The lowest BCUT2D eigenvalue weighted by Gasteiger charge is -2.35. The molecule has 2 N–H and O–H groups in total. The molecule has 2 unspecified atom stereocenters. The van der Waals surface area contributed by atoms with Crippen molar-refractivity contribution in [2.75, 3.05) is 13.1 Å². The van der Waals surface area contributed by atoms with E-state index in [0.29, 0.717) is 12.1 Å². The number of benzene rings is 2. The van der Waals surface area contributed by atoms with Gasteiger partial charge in [-0.15, -0.1) is 0 Å². The summed E-state index contributed by atoms with van der Waals surface area (Å²) in [5.74, 6) is 1.36. The summed E-state index contributed by atoms with van der Waals surface area (Å²) >= 11 is 0. The Morgan fingerprint density at radius 1 is 1.03 bits per heavy atom. The van der Waals surface area contributed by atoms with Crippen LogP contribution in [0.5, 0.6) is 0 Å². The normalized spacial score (nSPS) is 19.4. The fourth-order valence-corrected chi connectivity index (χ4v) is 4.70.